The topological polar surface area (TPSA) is 20.3 Å². The van der Waals surface area contributed by atoms with Gasteiger partial charge in [-0.25, -0.2) is 0 Å². The predicted molar refractivity (Wildman–Crippen MR) is 62.3 cm³/mol. The van der Waals surface area contributed by atoms with Gasteiger partial charge in [-0.15, -0.1) is 12.6 Å². The first kappa shape index (κ1) is 12.3. The lowest BCUT2D eigenvalue weighted by Gasteiger charge is -2.36. The standard InChI is InChI=1S/C7H13NOS3/c1-5(9)8(3)7(2,4-10)6(11)12/h10H,4H2,1-3H3,(H,11,12)/t7-/m0/s1. The lowest BCUT2D eigenvalue weighted by atomic mass is 10.1. The molecule has 0 saturated carbocycles. The third-order valence-electron chi connectivity index (χ3n) is 1.98. The van der Waals surface area contributed by atoms with E-state index in [0.29, 0.717) is 9.95 Å². The van der Waals surface area contributed by atoms with Crippen LogP contribution in [0.25, 0.3) is 0 Å². The number of thiol groups is 2. The van der Waals surface area contributed by atoms with Crippen LogP contribution >= 0.6 is 37.5 Å². The van der Waals surface area contributed by atoms with Crippen LogP contribution in [0.1, 0.15) is 13.8 Å². The van der Waals surface area contributed by atoms with Crippen LogP contribution in [-0.2, 0) is 4.79 Å². The maximum Gasteiger partial charge on any atom is 0.219 e. The van der Waals surface area contributed by atoms with Crippen molar-refractivity contribution < 1.29 is 4.79 Å². The molecule has 0 spiro atoms. The largest absolute Gasteiger partial charge is 0.334 e. The molecule has 0 fully saturated rings. The summed E-state index contributed by atoms with van der Waals surface area (Å²) >= 11 is 13.2. The van der Waals surface area contributed by atoms with E-state index in [-0.39, 0.29) is 5.91 Å². The van der Waals surface area contributed by atoms with Gasteiger partial charge in [-0.1, -0.05) is 12.2 Å². The molecule has 0 heterocycles. The summed E-state index contributed by atoms with van der Waals surface area (Å²) in [5, 5.41) is 0. The van der Waals surface area contributed by atoms with Crippen LogP contribution in [0.3, 0.4) is 0 Å². The molecule has 1 amide bonds. The van der Waals surface area contributed by atoms with Gasteiger partial charge in [0.15, 0.2) is 0 Å². The highest BCUT2D eigenvalue weighted by molar-refractivity contribution is 8.11. The molecule has 12 heavy (non-hydrogen) atoms. The molecule has 0 aromatic heterocycles. The van der Waals surface area contributed by atoms with Gasteiger partial charge in [-0.2, -0.15) is 12.6 Å². The van der Waals surface area contributed by atoms with Crippen LogP contribution in [-0.4, -0.2) is 33.3 Å². The first-order valence-corrected chi connectivity index (χ1v) is 4.93. The highest BCUT2D eigenvalue weighted by Crippen LogP contribution is 2.19. The second-order valence-electron chi connectivity index (χ2n) is 2.82. The molecule has 0 aromatic carbocycles. The Bertz CT molecular complexity index is 207. The van der Waals surface area contributed by atoms with Crippen molar-refractivity contribution in [1.29, 1.82) is 0 Å². The summed E-state index contributed by atoms with van der Waals surface area (Å²) in [5.74, 6) is 0.439. The molecule has 2 nitrogen and oxygen atoms in total. The zero-order chi connectivity index (χ0) is 9.94. The number of nitrogens with zero attached hydrogens (tertiary/aromatic N) is 1. The molecule has 0 N–H and O–H groups in total. The van der Waals surface area contributed by atoms with Crippen LogP contribution in [0.2, 0.25) is 0 Å². The Morgan fingerprint density at radius 1 is 1.67 bits per heavy atom. The zero-order valence-corrected chi connectivity index (χ0v) is 9.97. The Hall–Kier alpha value is 0.260. The number of carbonyl (C=O) groups is 1. The van der Waals surface area contributed by atoms with Crippen molar-refractivity contribution in [1.82, 2.24) is 4.90 Å². The highest BCUT2D eigenvalue weighted by Gasteiger charge is 2.32. The Kier molecular flexibility index (Phi) is 4.58. The average Bonchev–Trinajstić information content (AvgIpc) is 2.01. The van der Waals surface area contributed by atoms with Crippen molar-refractivity contribution in [3.63, 3.8) is 0 Å². The van der Waals surface area contributed by atoms with E-state index in [4.69, 9.17) is 12.2 Å². The quantitative estimate of drug-likeness (QED) is 0.557. The fourth-order valence-corrected chi connectivity index (χ4v) is 1.70. The summed E-state index contributed by atoms with van der Waals surface area (Å²) in [7, 11) is 1.70. The van der Waals surface area contributed by atoms with E-state index >= 15 is 0 Å². The van der Waals surface area contributed by atoms with Crippen LogP contribution < -0.4 is 0 Å². The molecule has 0 aliphatic carbocycles. The van der Waals surface area contributed by atoms with Gasteiger partial charge in [0, 0.05) is 19.7 Å². The lowest BCUT2D eigenvalue weighted by molar-refractivity contribution is -0.130. The van der Waals surface area contributed by atoms with Gasteiger partial charge in [0.1, 0.15) is 0 Å². The molecule has 0 saturated heterocycles. The molecule has 0 aromatic rings. The second-order valence-corrected chi connectivity index (χ2v) is 4.29. The minimum atomic E-state index is -0.534. The summed E-state index contributed by atoms with van der Waals surface area (Å²) in [6.45, 7) is 3.34. The number of hydrogen-bond donors (Lipinski definition) is 2. The second kappa shape index (κ2) is 4.48. The van der Waals surface area contributed by atoms with Crippen LogP contribution in [0, 0.1) is 0 Å². The molecule has 1 atom stereocenters. The lowest BCUT2D eigenvalue weighted by Crippen LogP contribution is -2.51. The number of carbonyl (C=O) groups excluding carboxylic acids is 1. The minimum Gasteiger partial charge on any atom is -0.334 e. The van der Waals surface area contributed by atoms with Crippen LogP contribution in [0.5, 0.6) is 0 Å². The maximum absolute atomic E-state index is 11.1. The Morgan fingerprint density at radius 2 is 2.08 bits per heavy atom. The van der Waals surface area contributed by atoms with E-state index in [9.17, 15) is 4.79 Å². The fraction of sp³-hybridized carbons (Fsp3) is 0.714. The van der Waals surface area contributed by atoms with Gasteiger partial charge in [-0.3, -0.25) is 4.79 Å². The number of thiocarbonyl (C=S) groups is 1. The van der Waals surface area contributed by atoms with Crippen LogP contribution in [0.4, 0.5) is 0 Å². The SMILES string of the molecule is CC(=O)N(C)[C@@](C)(CS)C(=S)S. The van der Waals surface area contributed by atoms with Gasteiger partial charge in [0.05, 0.1) is 9.74 Å². The highest BCUT2D eigenvalue weighted by atomic mass is 32.1. The first-order chi connectivity index (χ1) is 5.36. The molecule has 0 rings (SSSR count). The maximum atomic E-state index is 11.1. The molecular formula is C7H13NOS3. The van der Waals surface area contributed by atoms with Crippen molar-refractivity contribution in [3.8, 4) is 0 Å². The molecule has 0 bridgehead atoms. The fourth-order valence-electron chi connectivity index (χ4n) is 0.665. The Labute approximate surface area is 89.5 Å². The molecule has 0 aliphatic heterocycles. The van der Waals surface area contributed by atoms with E-state index in [1.165, 1.54) is 6.92 Å². The van der Waals surface area contributed by atoms with Gasteiger partial charge in [-0.05, 0) is 6.92 Å². The van der Waals surface area contributed by atoms with Crippen molar-refractivity contribution in [2.75, 3.05) is 12.8 Å². The molecule has 0 aliphatic rings. The van der Waals surface area contributed by atoms with Crippen molar-refractivity contribution in [2.24, 2.45) is 0 Å². The van der Waals surface area contributed by atoms with E-state index in [0.717, 1.165) is 0 Å². The van der Waals surface area contributed by atoms with Gasteiger partial charge < -0.3 is 4.90 Å². The zero-order valence-electron chi connectivity index (χ0n) is 7.37. The third kappa shape index (κ3) is 2.37. The summed E-state index contributed by atoms with van der Waals surface area (Å²) < 4.78 is 0.482. The molecule has 5 heteroatoms. The van der Waals surface area contributed by atoms with Gasteiger partial charge in [0.25, 0.3) is 0 Å². The Morgan fingerprint density at radius 3 is 2.17 bits per heavy atom. The molecule has 0 unspecified atom stereocenters. The number of amides is 1. The van der Waals surface area contributed by atoms with Crippen molar-refractivity contribution in [2.45, 2.75) is 19.4 Å². The number of rotatable bonds is 3. The van der Waals surface area contributed by atoms with E-state index in [1.807, 2.05) is 6.92 Å². The normalized spacial score (nSPS) is 15.1. The Balaban J connectivity index is 4.75. The smallest absolute Gasteiger partial charge is 0.219 e. The minimum absolute atomic E-state index is 0.0389. The van der Waals surface area contributed by atoms with Gasteiger partial charge in [0.2, 0.25) is 5.91 Å². The predicted octanol–water partition coefficient (Wildman–Crippen LogP) is 1.41. The first-order valence-electron chi connectivity index (χ1n) is 3.45. The molecular weight excluding hydrogens is 210 g/mol. The van der Waals surface area contributed by atoms with E-state index < -0.39 is 5.54 Å². The summed E-state index contributed by atoms with van der Waals surface area (Å²) in [6, 6.07) is 0. The monoisotopic (exact) mass is 223 g/mol. The van der Waals surface area contributed by atoms with Crippen LogP contribution in [0.15, 0.2) is 0 Å². The average molecular weight is 223 g/mol. The third-order valence-corrected chi connectivity index (χ3v) is 3.52. The van der Waals surface area contributed by atoms with Gasteiger partial charge >= 0.3 is 0 Å². The van der Waals surface area contributed by atoms with E-state index in [1.54, 1.807) is 11.9 Å². The molecule has 70 valence electrons. The summed E-state index contributed by atoms with van der Waals surface area (Å²) in [6.07, 6.45) is 0. The molecule has 0 radical (unpaired) electrons. The summed E-state index contributed by atoms with van der Waals surface area (Å²) in [5.41, 5.74) is -0.534. The summed E-state index contributed by atoms with van der Waals surface area (Å²) in [4.78, 5) is 12.6. The van der Waals surface area contributed by atoms with Crippen molar-refractivity contribution >= 4 is 47.6 Å². The van der Waals surface area contributed by atoms with Crippen molar-refractivity contribution in [3.05, 3.63) is 0 Å². The number of hydrogen-bond acceptors (Lipinski definition) is 3. The van der Waals surface area contributed by atoms with E-state index in [2.05, 4.69) is 25.3 Å².